The maximum atomic E-state index is 6.20. The van der Waals surface area contributed by atoms with Crippen molar-refractivity contribution in [2.45, 2.75) is 32.4 Å². The molecular formula is C17H22N2O. The molecule has 0 amide bonds. The topological polar surface area (TPSA) is 40.2 Å². The second-order valence-corrected chi connectivity index (χ2v) is 5.96. The third-order valence-corrected chi connectivity index (χ3v) is 4.11. The standard InChI is InChI=1S/C17H22N2O/c1-12(2)17(18)13-7-8-19(9-13)10-14-11-20-16-6-4-3-5-15(14)16/h3-9,12,14,17H,10-11,18H2,1-2H3. The fourth-order valence-corrected chi connectivity index (χ4v) is 2.79. The number of rotatable bonds is 4. The Morgan fingerprint density at radius 1 is 1.30 bits per heavy atom. The van der Waals surface area contributed by atoms with Gasteiger partial charge in [-0.05, 0) is 23.6 Å². The molecule has 0 bridgehead atoms. The minimum absolute atomic E-state index is 0.114. The van der Waals surface area contributed by atoms with E-state index in [4.69, 9.17) is 10.5 Å². The smallest absolute Gasteiger partial charge is 0.122 e. The van der Waals surface area contributed by atoms with Crippen LogP contribution in [0.3, 0.4) is 0 Å². The molecule has 0 saturated heterocycles. The van der Waals surface area contributed by atoms with Gasteiger partial charge < -0.3 is 15.0 Å². The average Bonchev–Trinajstić information content (AvgIpc) is 3.06. The van der Waals surface area contributed by atoms with Crippen molar-refractivity contribution in [1.82, 2.24) is 4.57 Å². The van der Waals surface area contributed by atoms with Gasteiger partial charge in [-0.1, -0.05) is 32.0 Å². The first-order valence-electron chi connectivity index (χ1n) is 7.28. The maximum absolute atomic E-state index is 6.20. The van der Waals surface area contributed by atoms with Crippen LogP contribution in [0, 0.1) is 5.92 Å². The Morgan fingerprint density at radius 2 is 2.10 bits per heavy atom. The van der Waals surface area contributed by atoms with Gasteiger partial charge in [-0.15, -0.1) is 0 Å². The number of hydrogen-bond donors (Lipinski definition) is 1. The first-order valence-corrected chi connectivity index (χ1v) is 7.28. The highest BCUT2D eigenvalue weighted by atomic mass is 16.5. The van der Waals surface area contributed by atoms with Crippen molar-refractivity contribution in [2.75, 3.05) is 6.61 Å². The van der Waals surface area contributed by atoms with Gasteiger partial charge in [-0.25, -0.2) is 0 Å². The number of benzene rings is 1. The summed E-state index contributed by atoms with van der Waals surface area (Å²) in [6, 6.07) is 10.6. The molecule has 3 nitrogen and oxygen atoms in total. The normalized spacial score (nSPS) is 18.9. The van der Waals surface area contributed by atoms with Crippen LogP contribution in [-0.2, 0) is 6.54 Å². The molecule has 3 rings (SSSR count). The van der Waals surface area contributed by atoms with E-state index in [2.05, 4.69) is 49.0 Å². The largest absolute Gasteiger partial charge is 0.493 e. The third-order valence-electron chi connectivity index (χ3n) is 4.11. The zero-order valence-corrected chi connectivity index (χ0v) is 12.1. The molecule has 2 N–H and O–H groups in total. The Kier molecular flexibility index (Phi) is 3.53. The molecule has 3 heteroatoms. The van der Waals surface area contributed by atoms with Gasteiger partial charge in [0.25, 0.3) is 0 Å². The Labute approximate surface area is 120 Å². The van der Waals surface area contributed by atoms with E-state index in [9.17, 15) is 0 Å². The molecule has 2 aromatic rings. The summed E-state index contributed by atoms with van der Waals surface area (Å²) < 4.78 is 7.97. The zero-order valence-electron chi connectivity index (χ0n) is 12.1. The molecule has 2 heterocycles. The van der Waals surface area contributed by atoms with E-state index in [1.54, 1.807) is 0 Å². The summed E-state index contributed by atoms with van der Waals surface area (Å²) in [5.41, 5.74) is 8.73. The minimum Gasteiger partial charge on any atom is -0.493 e. The molecular weight excluding hydrogens is 248 g/mol. The van der Waals surface area contributed by atoms with Gasteiger partial charge in [-0.2, -0.15) is 0 Å². The van der Waals surface area contributed by atoms with Crippen LogP contribution in [0.1, 0.15) is 36.9 Å². The summed E-state index contributed by atoms with van der Waals surface area (Å²) in [5, 5.41) is 0. The van der Waals surface area contributed by atoms with E-state index < -0.39 is 0 Å². The number of hydrogen-bond acceptors (Lipinski definition) is 2. The average molecular weight is 270 g/mol. The van der Waals surface area contributed by atoms with Crippen LogP contribution < -0.4 is 10.5 Å². The molecule has 1 aliphatic rings. The quantitative estimate of drug-likeness (QED) is 0.925. The highest BCUT2D eigenvalue weighted by molar-refractivity contribution is 5.39. The summed E-state index contributed by atoms with van der Waals surface area (Å²) >= 11 is 0. The van der Waals surface area contributed by atoms with Gasteiger partial charge in [-0.3, -0.25) is 0 Å². The van der Waals surface area contributed by atoms with Crippen LogP contribution >= 0.6 is 0 Å². The van der Waals surface area contributed by atoms with Crippen LogP contribution in [0.5, 0.6) is 5.75 Å². The fourth-order valence-electron chi connectivity index (χ4n) is 2.79. The number of fused-ring (bicyclic) bond motifs is 1. The van der Waals surface area contributed by atoms with Gasteiger partial charge in [0.15, 0.2) is 0 Å². The lowest BCUT2D eigenvalue weighted by Crippen LogP contribution is -2.16. The molecule has 0 aliphatic carbocycles. The van der Waals surface area contributed by atoms with Crippen LogP contribution in [0.4, 0.5) is 0 Å². The van der Waals surface area contributed by atoms with Gasteiger partial charge in [0, 0.05) is 36.5 Å². The van der Waals surface area contributed by atoms with E-state index in [1.165, 1.54) is 11.1 Å². The van der Waals surface area contributed by atoms with Crippen molar-refractivity contribution < 1.29 is 4.74 Å². The van der Waals surface area contributed by atoms with Crippen molar-refractivity contribution in [3.8, 4) is 5.75 Å². The second kappa shape index (κ2) is 5.33. The summed E-state index contributed by atoms with van der Waals surface area (Å²) in [6.07, 6.45) is 4.30. The molecule has 0 fully saturated rings. The van der Waals surface area contributed by atoms with Crippen LogP contribution in [0.25, 0.3) is 0 Å². The lowest BCUT2D eigenvalue weighted by molar-refractivity contribution is 0.319. The number of para-hydroxylation sites is 1. The summed E-state index contributed by atoms with van der Waals surface area (Å²) in [6.45, 7) is 6.02. The Bertz CT molecular complexity index is 588. The second-order valence-electron chi connectivity index (χ2n) is 5.96. The van der Waals surface area contributed by atoms with E-state index in [1.807, 2.05) is 12.1 Å². The first-order chi connectivity index (χ1) is 9.65. The minimum atomic E-state index is 0.114. The zero-order chi connectivity index (χ0) is 14.1. The molecule has 1 aliphatic heterocycles. The molecule has 0 saturated carbocycles. The highest BCUT2D eigenvalue weighted by Gasteiger charge is 2.24. The van der Waals surface area contributed by atoms with Gasteiger partial charge >= 0.3 is 0 Å². The van der Waals surface area contributed by atoms with Gasteiger partial charge in [0.2, 0.25) is 0 Å². The number of aromatic nitrogens is 1. The molecule has 0 radical (unpaired) electrons. The van der Waals surface area contributed by atoms with Crippen molar-refractivity contribution in [3.05, 3.63) is 53.9 Å². The summed E-state index contributed by atoms with van der Waals surface area (Å²) in [7, 11) is 0. The van der Waals surface area contributed by atoms with Crippen molar-refractivity contribution in [2.24, 2.45) is 11.7 Å². The summed E-state index contributed by atoms with van der Waals surface area (Å²) in [5.74, 6) is 1.92. The predicted octanol–water partition coefficient (Wildman–Crippen LogP) is 3.32. The Hall–Kier alpha value is -1.74. The summed E-state index contributed by atoms with van der Waals surface area (Å²) in [4.78, 5) is 0. The highest BCUT2D eigenvalue weighted by Crippen LogP contribution is 2.34. The van der Waals surface area contributed by atoms with Crippen LogP contribution in [-0.4, -0.2) is 11.2 Å². The predicted molar refractivity (Wildman–Crippen MR) is 80.9 cm³/mol. The van der Waals surface area contributed by atoms with Gasteiger partial charge in [0.05, 0.1) is 6.61 Å². The molecule has 1 aromatic heterocycles. The number of ether oxygens (including phenoxy) is 1. The van der Waals surface area contributed by atoms with Crippen LogP contribution in [0.15, 0.2) is 42.7 Å². The third kappa shape index (κ3) is 2.46. The molecule has 106 valence electrons. The molecule has 20 heavy (non-hydrogen) atoms. The molecule has 0 spiro atoms. The van der Waals surface area contributed by atoms with Crippen molar-refractivity contribution in [3.63, 3.8) is 0 Å². The lowest BCUT2D eigenvalue weighted by atomic mass is 10.00. The fraction of sp³-hybridized carbons (Fsp3) is 0.412. The number of nitrogens with two attached hydrogens (primary N) is 1. The van der Waals surface area contributed by atoms with Crippen molar-refractivity contribution >= 4 is 0 Å². The molecule has 1 aromatic carbocycles. The lowest BCUT2D eigenvalue weighted by Gasteiger charge is -2.14. The number of nitrogens with zero attached hydrogens (tertiary/aromatic N) is 1. The maximum Gasteiger partial charge on any atom is 0.122 e. The van der Waals surface area contributed by atoms with E-state index in [0.717, 1.165) is 18.9 Å². The molecule has 2 atom stereocenters. The van der Waals surface area contributed by atoms with E-state index in [0.29, 0.717) is 11.8 Å². The monoisotopic (exact) mass is 270 g/mol. The van der Waals surface area contributed by atoms with E-state index >= 15 is 0 Å². The Balaban J connectivity index is 1.74. The van der Waals surface area contributed by atoms with E-state index in [-0.39, 0.29) is 6.04 Å². The first kappa shape index (κ1) is 13.3. The van der Waals surface area contributed by atoms with Gasteiger partial charge in [0.1, 0.15) is 5.75 Å². The molecule has 2 unspecified atom stereocenters. The Morgan fingerprint density at radius 3 is 2.90 bits per heavy atom. The van der Waals surface area contributed by atoms with Crippen molar-refractivity contribution in [1.29, 1.82) is 0 Å². The van der Waals surface area contributed by atoms with Crippen LogP contribution in [0.2, 0.25) is 0 Å². The SMILES string of the molecule is CC(C)C(N)c1ccn(CC2COc3ccccc32)c1.